The molecule has 6 nitrogen and oxygen atoms in total. The molecule has 3 fully saturated rings. The molecule has 1 N–H and O–H groups in total. The summed E-state index contributed by atoms with van der Waals surface area (Å²) >= 11 is 0. The number of anilines is 1. The number of unbranched alkanes of at least 4 members (excludes halogenated alkanes) is 1. The van der Waals surface area contributed by atoms with E-state index in [1.165, 1.54) is 74.8 Å². The fraction of sp³-hybridized carbons (Fsp3) is 0.556. The van der Waals surface area contributed by atoms with Gasteiger partial charge in [0, 0.05) is 67.5 Å². The molecule has 2 aromatic carbocycles. The van der Waals surface area contributed by atoms with Crippen LogP contribution in [-0.4, -0.2) is 72.9 Å². The average Bonchev–Trinajstić information content (AvgIpc) is 3.43. The van der Waals surface area contributed by atoms with E-state index in [2.05, 4.69) is 56.2 Å². The van der Waals surface area contributed by atoms with Crippen molar-refractivity contribution < 1.29 is 4.79 Å². The summed E-state index contributed by atoms with van der Waals surface area (Å²) in [5.74, 6) is 1.98. The van der Waals surface area contributed by atoms with E-state index in [0.29, 0.717) is 18.1 Å². The van der Waals surface area contributed by atoms with Crippen molar-refractivity contribution in [2.75, 3.05) is 57.3 Å². The van der Waals surface area contributed by atoms with Crippen molar-refractivity contribution in [2.45, 2.75) is 64.2 Å². The van der Waals surface area contributed by atoms with Gasteiger partial charge in [-0.15, -0.1) is 0 Å². The predicted molar refractivity (Wildman–Crippen MR) is 171 cm³/mol. The van der Waals surface area contributed by atoms with Crippen LogP contribution in [0.15, 0.2) is 48.7 Å². The monoisotopic (exact) mass is 565 g/mol. The summed E-state index contributed by atoms with van der Waals surface area (Å²) < 4.78 is 0. The number of Topliss-reactive ketones (excluding diaryl/α,β-unsaturated/α-hetero) is 1. The third kappa shape index (κ3) is 7.25. The minimum Gasteiger partial charge on any atom is -0.369 e. The molecule has 2 saturated heterocycles. The largest absolute Gasteiger partial charge is 0.369 e. The van der Waals surface area contributed by atoms with Gasteiger partial charge in [-0.05, 0) is 131 Å². The summed E-state index contributed by atoms with van der Waals surface area (Å²) in [5, 5.41) is 10.4. The lowest BCUT2D eigenvalue weighted by atomic mass is 9.84. The Kier molecular flexibility index (Phi) is 9.57. The van der Waals surface area contributed by atoms with Gasteiger partial charge in [-0.2, -0.15) is 5.26 Å². The Bertz CT molecular complexity index is 1350. The van der Waals surface area contributed by atoms with E-state index in [1.807, 2.05) is 18.2 Å². The molecule has 0 bridgehead atoms. The highest BCUT2D eigenvalue weighted by atomic mass is 16.1. The molecule has 2 aliphatic heterocycles. The lowest BCUT2D eigenvalue weighted by Gasteiger charge is -2.37. The number of nitrogens with one attached hydrogen (secondary N) is 1. The minimum absolute atomic E-state index is 0.307. The number of carbonyl (C=O) groups is 1. The molecule has 0 spiro atoms. The molecule has 0 amide bonds. The maximum Gasteiger partial charge on any atom is 0.162 e. The topological polar surface area (TPSA) is 66.4 Å². The van der Waals surface area contributed by atoms with Crippen LogP contribution in [0.3, 0.4) is 0 Å². The number of benzene rings is 2. The van der Waals surface area contributed by atoms with E-state index in [1.54, 1.807) is 0 Å². The first-order valence-corrected chi connectivity index (χ1v) is 16.5. The Hall–Kier alpha value is -3.14. The fourth-order valence-electron chi connectivity index (χ4n) is 7.17. The van der Waals surface area contributed by atoms with Crippen LogP contribution >= 0.6 is 0 Å². The van der Waals surface area contributed by atoms with Crippen LogP contribution in [0.25, 0.3) is 10.9 Å². The molecule has 1 aliphatic carbocycles. The Balaban J connectivity index is 0.874. The van der Waals surface area contributed by atoms with Gasteiger partial charge in [0.15, 0.2) is 5.78 Å². The number of nitriles is 1. The molecule has 42 heavy (non-hydrogen) atoms. The van der Waals surface area contributed by atoms with Gasteiger partial charge in [-0.1, -0.05) is 6.42 Å². The zero-order valence-corrected chi connectivity index (χ0v) is 25.2. The molecule has 6 rings (SSSR count). The lowest BCUT2D eigenvalue weighted by Crippen LogP contribution is -2.46. The van der Waals surface area contributed by atoms with Crippen LogP contribution in [0.4, 0.5) is 5.69 Å². The van der Waals surface area contributed by atoms with E-state index in [0.717, 1.165) is 74.5 Å². The summed E-state index contributed by atoms with van der Waals surface area (Å²) in [4.78, 5) is 24.0. The zero-order chi connectivity index (χ0) is 28.7. The van der Waals surface area contributed by atoms with Gasteiger partial charge in [0.05, 0.1) is 11.6 Å². The number of carbonyl (C=O) groups excluding carboxylic acids is 1. The third-order valence-electron chi connectivity index (χ3n) is 10.2. The Morgan fingerprint density at radius 1 is 0.881 bits per heavy atom. The second-order valence-electron chi connectivity index (χ2n) is 13.0. The van der Waals surface area contributed by atoms with E-state index < -0.39 is 0 Å². The normalized spacial score (nSPS) is 19.2. The van der Waals surface area contributed by atoms with Crippen molar-refractivity contribution in [1.82, 2.24) is 14.8 Å². The number of aryl methyl sites for hydroxylation is 1. The van der Waals surface area contributed by atoms with Gasteiger partial charge in [-0.3, -0.25) is 9.69 Å². The minimum atomic E-state index is 0.307. The van der Waals surface area contributed by atoms with E-state index >= 15 is 0 Å². The maximum atomic E-state index is 12.9. The molecule has 6 heteroatoms. The molecule has 222 valence electrons. The number of fused-ring (bicyclic) bond motifs is 1. The first-order chi connectivity index (χ1) is 20.6. The van der Waals surface area contributed by atoms with E-state index in [-0.39, 0.29) is 0 Å². The number of H-pyrrole nitrogens is 1. The Morgan fingerprint density at radius 2 is 1.67 bits per heavy atom. The number of nitrogens with zero attached hydrogens (tertiary/aromatic N) is 4. The Labute approximate surface area is 251 Å². The van der Waals surface area contributed by atoms with Crippen LogP contribution in [0.5, 0.6) is 0 Å². The van der Waals surface area contributed by atoms with Crippen LogP contribution in [0.1, 0.15) is 79.3 Å². The summed E-state index contributed by atoms with van der Waals surface area (Å²) in [5.41, 5.74) is 5.26. The lowest BCUT2D eigenvalue weighted by molar-refractivity contribution is 0.0952. The summed E-state index contributed by atoms with van der Waals surface area (Å²) in [6.07, 6.45) is 14.0. The SMILES string of the molecule is N#Cc1ccc2[nH]cc(CCCCN3CCN(c4ccc(C(=O)CCC5CCN(CC6CCC6)CC5)cc4)CC3)c2c1. The molecule has 3 aliphatic rings. The average molecular weight is 566 g/mol. The number of hydrogen-bond acceptors (Lipinski definition) is 5. The Morgan fingerprint density at radius 3 is 2.38 bits per heavy atom. The number of piperazine rings is 1. The highest BCUT2D eigenvalue weighted by Gasteiger charge is 2.25. The number of ketones is 1. The first kappa shape index (κ1) is 29.0. The third-order valence-corrected chi connectivity index (χ3v) is 10.2. The molecule has 0 unspecified atom stereocenters. The fourth-order valence-corrected chi connectivity index (χ4v) is 7.17. The van der Waals surface area contributed by atoms with Crippen molar-refractivity contribution in [3.63, 3.8) is 0 Å². The smallest absolute Gasteiger partial charge is 0.162 e. The van der Waals surface area contributed by atoms with Crippen molar-refractivity contribution in [3.8, 4) is 6.07 Å². The number of rotatable bonds is 12. The maximum absolute atomic E-state index is 12.9. The van der Waals surface area contributed by atoms with Crippen LogP contribution in [-0.2, 0) is 6.42 Å². The quantitative estimate of drug-likeness (QED) is 0.197. The van der Waals surface area contributed by atoms with Crippen molar-refractivity contribution >= 4 is 22.4 Å². The highest BCUT2D eigenvalue weighted by molar-refractivity contribution is 5.96. The van der Waals surface area contributed by atoms with Gasteiger partial charge in [0.1, 0.15) is 0 Å². The molecule has 0 radical (unpaired) electrons. The van der Waals surface area contributed by atoms with Gasteiger partial charge in [0.25, 0.3) is 0 Å². The second kappa shape index (κ2) is 13.9. The van der Waals surface area contributed by atoms with Gasteiger partial charge in [0.2, 0.25) is 0 Å². The molecule has 3 heterocycles. The van der Waals surface area contributed by atoms with E-state index in [4.69, 9.17) is 0 Å². The number of hydrogen-bond donors (Lipinski definition) is 1. The van der Waals surface area contributed by atoms with Crippen LogP contribution in [0, 0.1) is 23.2 Å². The standard InChI is InChI=1S/C36H47N5O/c37-25-30-7-13-35-34(24-30)32(26-38-35)6-1-2-17-39-20-22-41(23-21-39)33-11-9-31(10-12-33)36(42)14-8-28-15-18-40(19-16-28)27-29-4-3-5-29/h7,9-13,24,26,28-29,38H,1-6,8,14-23,27H2. The molecule has 1 aromatic heterocycles. The van der Waals surface area contributed by atoms with Crippen molar-refractivity contribution in [1.29, 1.82) is 5.26 Å². The number of piperidine rings is 1. The molecule has 1 saturated carbocycles. The first-order valence-electron chi connectivity index (χ1n) is 16.5. The highest BCUT2D eigenvalue weighted by Crippen LogP contribution is 2.30. The van der Waals surface area contributed by atoms with Crippen molar-refractivity contribution in [2.24, 2.45) is 11.8 Å². The summed E-state index contributed by atoms with van der Waals surface area (Å²) in [6.45, 7) is 9.13. The van der Waals surface area contributed by atoms with Gasteiger partial charge < -0.3 is 14.8 Å². The predicted octanol–water partition coefficient (Wildman–Crippen LogP) is 6.66. The number of aromatic nitrogens is 1. The molecule has 0 atom stereocenters. The van der Waals surface area contributed by atoms with Crippen molar-refractivity contribution in [3.05, 3.63) is 65.4 Å². The molecule has 3 aromatic rings. The number of aromatic amines is 1. The van der Waals surface area contributed by atoms with Gasteiger partial charge >= 0.3 is 0 Å². The van der Waals surface area contributed by atoms with Crippen LogP contribution in [0.2, 0.25) is 0 Å². The van der Waals surface area contributed by atoms with Crippen LogP contribution < -0.4 is 4.90 Å². The van der Waals surface area contributed by atoms with E-state index in [9.17, 15) is 10.1 Å². The zero-order valence-electron chi connectivity index (χ0n) is 25.2. The molecular weight excluding hydrogens is 518 g/mol. The van der Waals surface area contributed by atoms with Gasteiger partial charge in [-0.25, -0.2) is 0 Å². The molecular formula is C36H47N5O. The second-order valence-corrected chi connectivity index (χ2v) is 13.0. The summed E-state index contributed by atoms with van der Waals surface area (Å²) in [7, 11) is 0. The summed E-state index contributed by atoms with van der Waals surface area (Å²) in [6, 6.07) is 16.5. The number of likely N-dealkylation sites (tertiary alicyclic amines) is 1.